The summed E-state index contributed by atoms with van der Waals surface area (Å²) in [6, 6.07) is 7.80. The largest absolute Gasteiger partial charge is 0.492 e. The van der Waals surface area contributed by atoms with E-state index in [0.717, 1.165) is 21.5 Å². The highest BCUT2D eigenvalue weighted by Gasteiger charge is 2.08. The molecule has 0 aliphatic heterocycles. The highest BCUT2D eigenvalue weighted by molar-refractivity contribution is 7.18. The number of anilines is 1. The Morgan fingerprint density at radius 2 is 2.17 bits per heavy atom. The van der Waals surface area contributed by atoms with E-state index < -0.39 is 0 Å². The number of nitrogens with zero attached hydrogens (tertiary/aromatic N) is 3. The average molecular weight is 264 g/mol. The molecule has 96 valence electrons. The van der Waals surface area contributed by atoms with E-state index in [4.69, 9.17) is 10.5 Å². The lowest BCUT2D eigenvalue weighted by Gasteiger charge is -2.05. The van der Waals surface area contributed by atoms with Gasteiger partial charge in [-0.05, 0) is 12.1 Å². The maximum atomic E-state index is 5.49. The number of nitrogens with two attached hydrogens (primary N) is 1. The van der Waals surface area contributed by atoms with Gasteiger partial charge in [-0.15, -0.1) is 10.2 Å². The Kier molecular flexibility index (Phi) is 4.11. The first-order valence-corrected chi connectivity index (χ1v) is 6.46. The van der Waals surface area contributed by atoms with Gasteiger partial charge in [0.1, 0.15) is 17.4 Å². The summed E-state index contributed by atoms with van der Waals surface area (Å²) >= 11 is 1.55. The van der Waals surface area contributed by atoms with Crippen LogP contribution in [0, 0.1) is 0 Å². The molecule has 0 amide bonds. The first-order chi connectivity index (χ1) is 8.70. The van der Waals surface area contributed by atoms with Crippen LogP contribution in [0.1, 0.15) is 0 Å². The highest BCUT2D eigenvalue weighted by Crippen LogP contribution is 2.29. The summed E-state index contributed by atoms with van der Waals surface area (Å²) in [5, 5.41) is 10.1. The smallest absolute Gasteiger partial charge is 0.208 e. The lowest BCUT2D eigenvalue weighted by atomic mass is 10.2. The fourth-order valence-electron chi connectivity index (χ4n) is 1.41. The Morgan fingerprint density at radius 3 is 2.83 bits per heavy atom. The fourth-order valence-corrected chi connectivity index (χ4v) is 2.17. The van der Waals surface area contributed by atoms with Gasteiger partial charge in [0.2, 0.25) is 5.13 Å². The van der Waals surface area contributed by atoms with Gasteiger partial charge in [0, 0.05) is 26.2 Å². The number of rotatable bonds is 5. The SMILES string of the molecule is CN(C)c1nnc(-c2cccc(OCCN)c2)s1. The lowest BCUT2D eigenvalue weighted by Crippen LogP contribution is -2.10. The molecule has 0 unspecified atom stereocenters. The van der Waals surface area contributed by atoms with E-state index in [1.54, 1.807) is 11.3 Å². The van der Waals surface area contributed by atoms with Gasteiger partial charge in [0.25, 0.3) is 0 Å². The molecule has 2 N–H and O–H groups in total. The van der Waals surface area contributed by atoms with Crippen molar-refractivity contribution in [2.45, 2.75) is 0 Å². The molecular weight excluding hydrogens is 248 g/mol. The van der Waals surface area contributed by atoms with Gasteiger partial charge in [-0.2, -0.15) is 0 Å². The minimum atomic E-state index is 0.508. The van der Waals surface area contributed by atoms with Crippen LogP contribution >= 0.6 is 11.3 Å². The summed E-state index contributed by atoms with van der Waals surface area (Å²) < 4.78 is 5.49. The minimum Gasteiger partial charge on any atom is -0.492 e. The van der Waals surface area contributed by atoms with E-state index >= 15 is 0 Å². The lowest BCUT2D eigenvalue weighted by molar-refractivity contribution is 0.328. The molecule has 1 aromatic carbocycles. The third-order valence-electron chi connectivity index (χ3n) is 2.26. The van der Waals surface area contributed by atoms with Crippen molar-refractivity contribution in [3.8, 4) is 16.3 Å². The molecule has 0 aliphatic rings. The molecule has 0 fully saturated rings. The fraction of sp³-hybridized carbons (Fsp3) is 0.333. The second-order valence-electron chi connectivity index (χ2n) is 3.95. The molecule has 2 rings (SSSR count). The van der Waals surface area contributed by atoms with Crippen LogP contribution in [0.4, 0.5) is 5.13 Å². The zero-order chi connectivity index (χ0) is 13.0. The minimum absolute atomic E-state index is 0.508. The van der Waals surface area contributed by atoms with Crippen molar-refractivity contribution in [1.82, 2.24) is 10.2 Å². The van der Waals surface area contributed by atoms with E-state index in [9.17, 15) is 0 Å². The van der Waals surface area contributed by atoms with E-state index in [-0.39, 0.29) is 0 Å². The van der Waals surface area contributed by atoms with Crippen molar-refractivity contribution in [2.24, 2.45) is 5.73 Å². The Balaban J connectivity index is 2.21. The highest BCUT2D eigenvalue weighted by atomic mass is 32.1. The number of aromatic nitrogens is 2. The van der Waals surface area contributed by atoms with Crippen LogP contribution in [0.2, 0.25) is 0 Å². The summed E-state index contributed by atoms with van der Waals surface area (Å²) in [5.74, 6) is 0.805. The average Bonchev–Trinajstić information content (AvgIpc) is 2.86. The number of hydrogen-bond acceptors (Lipinski definition) is 6. The quantitative estimate of drug-likeness (QED) is 0.888. The monoisotopic (exact) mass is 264 g/mol. The van der Waals surface area contributed by atoms with Gasteiger partial charge in [-0.25, -0.2) is 0 Å². The Hall–Kier alpha value is -1.66. The van der Waals surface area contributed by atoms with Crippen LogP contribution in [0.25, 0.3) is 10.6 Å². The van der Waals surface area contributed by atoms with E-state index in [1.165, 1.54) is 0 Å². The van der Waals surface area contributed by atoms with Crippen LogP contribution < -0.4 is 15.4 Å². The first kappa shape index (κ1) is 12.8. The number of hydrogen-bond donors (Lipinski definition) is 1. The van der Waals surface area contributed by atoms with E-state index in [2.05, 4.69) is 10.2 Å². The summed E-state index contributed by atoms with van der Waals surface area (Å²) in [7, 11) is 3.90. The normalized spacial score (nSPS) is 10.4. The number of ether oxygens (including phenoxy) is 1. The molecule has 0 saturated heterocycles. The van der Waals surface area contributed by atoms with Gasteiger partial charge in [-0.3, -0.25) is 0 Å². The van der Waals surface area contributed by atoms with Crippen molar-refractivity contribution >= 4 is 16.5 Å². The third-order valence-corrected chi connectivity index (χ3v) is 3.40. The topological polar surface area (TPSA) is 64.3 Å². The zero-order valence-electron chi connectivity index (χ0n) is 10.5. The van der Waals surface area contributed by atoms with Crippen molar-refractivity contribution in [3.63, 3.8) is 0 Å². The van der Waals surface area contributed by atoms with Crippen molar-refractivity contribution < 1.29 is 4.74 Å². The van der Waals surface area contributed by atoms with Crippen LogP contribution in [0.15, 0.2) is 24.3 Å². The predicted molar refractivity (Wildman–Crippen MR) is 74.2 cm³/mol. The molecular formula is C12H16N4OS. The molecule has 0 aliphatic carbocycles. The Morgan fingerprint density at radius 1 is 1.33 bits per heavy atom. The van der Waals surface area contributed by atoms with Gasteiger partial charge >= 0.3 is 0 Å². The maximum absolute atomic E-state index is 5.49. The predicted octanol–water partition coefficient (Wildman–Crippen LogP) is 1.61. The zero-order valence-corrected chi connectivity index (χ0v) is 11.3. The summed E-state index contributed by atoms with van der Waals surface area (Å²) in [4.78, 5) is 1.94. The molecule has 0 saturated carbocycles. The Bertz CT molecular complexity index is 512. The second-order valence-corrected chi connectivity index (χ2v) is 4.91. The molecule has 5 nitrogen and oxygen atoms in total. The van der Waals surface area contributed by atoms with Crippen LogP contribution in [-0.4, -0.2) is 37.4 Å². The molecule has 0 radical (unpaired) electrons. The Labute approximate surface area is 110 Å². The van der Waals surface area contributed by atoms with Gasteiger partial charge in [0.15, 0.2) is 0 Å². The standard InChI is InChI=1S/C12H16N4OS/c1-16(2)12-15-14-11(18-12)9-4-3-5-10(8-9)17-7-6-13/h3-5,8H,6-7,13H2,1-2H3. The molecule has 1 heterocycles. The third kappa shape index (κ3) is 2.96. The summed E-state index contributed by atoms with van der Waals surface area (Å²) in [6.07, 6.45) is 0. The first-order valence-electron chi connectivity index (χ1n) is 5.65. The summed E-state index contributed by atoms with van der Waals surface area (Å²) in [6.45, 7) is 1.02. The van der Waals surface area contributed by atoms with Crippen molar-refractivity contribution in [1.29, 1.82) is 0 Å². The van der Waals surface area contributed by atoms with Crippen LogP contribution in [0.5, 0.6) is 5.75 Å². The van der Waals surface area contributed by atoms with Gasteiger partial charge in [-0.1, -0.05) is 23.5 Å². The second kappa shape index (κ2) is 5.79. The molecule has 2 aromatic rings. The molecule has 0 spiro atoms. The van der Waals surface area contributed by atoms with Crippen molar-refractivity contribution in [3.05, 3.63) is 24.3 Å². The van der Waals surface area contributed by atoms with Gasteiger partial charge in [0.05, 0.1) is 0 Å². The summed E-state index contributed by atoms with van der Waals surface area (Å²) in [5.41, 5.74) is 6.42. The molecule has 0 bridgehead atoms. The van der Waals surface area contributed by atoms with E-state index in [0.29, 0.717) is 13.2 Å². The molecule has 0 atom stereocenters. The van der Waals surface area contributed by atoms with Crippen LogP contribution in [0.3, 0.4) is 0 Å². The molecule has 1 aromatic heterocycles. The van der Waals surface area contributed by atoms with Gasteiger partial charge < -0.3 is 15.4 Å². The molecule has 18 heavy (non-hydrogen) atoms. The maximum Gasteiger partial charge on any atom is 0.208 e. The number of benzene rings is 1. The van der Waals surface area contributed by atoms with Crippen LogP contribution in [-0.2, 0) is 0 Å². The van der Waals surface area contributed by atoms with E-state index in [1.807, 2.05) is 43.3 Å². The molecule has 6 heteroatoms. The van der Waals surface area contributed by atoms with Crippen molar-refractivity contribution in [2.75, 3.05) is 32.1 Å².